The molecule has 0 unspecified atom stereocenters. The zero-order chi connectivity index (χ0) is 24.4. The van der Waals surface area contributed by atoms with Gasteiger partial charge in [-0.3, -0.25) is 19.8 Å². The van der Waals surface area contributed by atoms with Crippen molar-refractivity contribution < 1.29 is 14.5 Å². The smallest absolute Gasteiger partial charge is 0.269 e. The molecule has 0 bridgehead atoms. The van der Waals surface area contributed by atoms with E-state index in [1.165, 1.54) is 5.56 Å². The van der Waals surface area contributed by atoms with Crippen LogP contribution in [0.3, 0.4) is 0 Å². The summed E-state index contributed by atoms with van der Waals surface area (Å²) in [6.45, 7) is 3.17. The summed E-state index contributed by atoms with van der Waals surface area (Å²) in [6, 6.07) is 22.6. The third kappa shape index (κ3) is 4.83. The summed E-state index contributed by atoms with van der Waals surface area (Å²) in [4.78, 5) is 29.3. The van der Waals surface area contributed by atoms with Crippen molar-refractivity contribution >= 4 is 23.0 Å². The lowest BCUT2D eigenvalue weighted by Crippen LogP contribution is -2.60. The summed E-state index contributed by atoms with van der Waals surface area (Å²) in [6.07, 6.45) is 0.452. The van der Waals surface area contributed by atoms with Crippen molar-refractivity contribution in [1.29, 1.82) is 0 Å². The number of benzene rings is 3. The van der Waals surface area contributed by atoms with Gasteiger partial charge in [0.15, 0.2) is 0 Å². The lowest BCUT2D eigenvalue weighted by atomic mass is 9.83. The number of hydrogen-bond donors (Lipinski definition) is 1. The second-order valence-electron chi connectivity index (χ2n) is 9.08. The minimum Gasteiger partial charge on any atom is -0.497 e. The van der Waals surface area contributed by atoms with Crippen LogP contribution in [0.2, 0.25) is 0 Å². The average molecular weight is 473 g/mol. The fourth-order valence-electron chi connectivity index (χ4n) is 5.20. The van der Waals surface area contributed by atoms with Crippen LogP contribution in [0.4, 0.5) is 17.1 Å². The Morgan fingerprint density at radius 2 is 1.91 bits per heavy atom. The first kappa shape index (κ1) is 22.9. The van der Waals surface area contributed by atoms with Crippen molar-refractivity contribution in [3.8, 4) is 5.75 Å². The van der Waals surface area contributed by atoms with Gasteiger partial charge in [-0.15, -0.1) is 0 Å². The molecule has 0 aliphatic carbocycles. The molecule has 0 radical (unpaired) electrons. The second-order valence-corrected chi connectivity index (χ2v) is 9.08. The second kappa shape index (κ2) is 9.76. The average Bonchev–Trinajstić information content (AvgIpc) is 2.88. The maximum atomic E-state index is 13.6. The van der Waals surface area contributed by atoms with Gasteiger partial charge in [0, 0.05) is 55.8 Å². The summed E-state index contributed by atoms with van der Waals surface area (Å²) in [5.41, 5.74) is 3.80. The predicted molar refractivity (Wildman–Crippen MR) is 135 cm³/mol. The fraction of sp³-hybridized carbons (Fsp3) is 0.296. The molecule has 1 fully saturated rings. The highest BCUT2D eigenvalue weighted by molar-refractivity contribution is 5.94. The van der Waals surface area contributed by atoms with Crippen LogP contribution in [0.5, 0.6) is 5.75 Å². The van der Waals surface area contributed by atoms with E-state index in [4.69, 9.17) is 4.74 Å². The number of fused-ring (bicyclic) bond motifs is 3. The Morgan fingerprint density at radius 3 is 2.69 bits per heavy atom. The van der Waals surface area contributed by atoms with Crippen LogP contribution < -0.4 is 15.0 Å². The largest absolute Gasteiger partial charge is 0.497 e. The van der Waals surface area contributed by atoms with E-state index >= 15 is 0 Å². The van der Waals surface area contributed by atoms with E-state index in [9.17, 15) is 14.9 Å². The number of nitro benzene ring substituents is 1. The lowest BCUT2D eigenvalue weighted by Gasteiger charge is -2.49. The van der Waals surface area contributed by atoms with E-state index in [1.807, 2.05) is 42.5 Å². The molecule has 180 valence electrons. The van der Waals surface area contributed by atoms with Crippen LogP contribution in [0.15, 0.2) is 72.8 Å². The van der Waals surface area contributed by atoms with Gasteiger partial charge in [0.25, 0.3) is 5.69 Å². The van der Waals surface area contributed by atoms with Crippen LogP contribution in [0.1, 0.15) is 11.1 Å². The monoisotopic (exact) mass is 472 g/mol. The van der Waals surface area contributed by atoms with Gasteiger partial charge < -0.3 is 15.0 Å². The summed E-state index contributed by atoms with van der Waals surface area (Å²) in [7, 11) is 1.59. The van der Waals surface area contributed by atoms with Gasteiger partial charge in [0.2, 0.25) is 5.91 Å². The number of hydrogen-bond acceptors (Lipinski definition) is 6. The summed E-state index contributed by atoms with van der Waals surface area (Å²) >= 11 is 0. The first-order valence-corrected chi connectivity index (χ1v) is 11.8. The van der Waals surface area contributed by atoms with Crippen molar-refractivity contribution in [3.63, 3.8) is 0 Å². The van der Waals surface area contributed by atoms with E-state index in [2.05, 4.69) is 27.2 Å². The molecule has 2 aliphatic heterocycles. The fourth-order valence-corrected chi connectivity index (χ4v) is 5.20. The molecule has 1 amide bonds. The van der Waals surface area contributed by atoms with E-state index < -0.39 is 0 Å². The molecule has 0 spiro atoms. The molecule has 2 heterocycles. The van der Waals surface area contributed by atoms with Gasteiger partial charge in [-0.05, 0) is 35.7 Å². The molecule has 2 atom stereocenters. The lowest BCUT2D eigenvalue weighted by molar-refractivity contribution is -0.384. The molecule has 8 nitrogen and oxygen atoms in total. The minimum atomic E-state index is -0.379. The highest BCUT2D eigenvalue weighted by Gasteiger charge is 2.42. The molecule has 0 aromatic heterocycles. The van der Waals surface area contributed by atoms with E-state index in [0.29, 0.717) is 17.9 Å². The Hall–Kier alpha value is -3.91. The Bertz CT molecular complexity index is 1230. The molecule has 35 heavy (non-hydrogen) atoms. The first-order valence-electron chi connectivity index (χ1n) is 11.8. The van der Waals surface area contributed by atoms with Gasteiger partial charge in [-0.2, -0.15) is 0 Å². The van der Waals surface area contributed by atoms with Crippen molar-refractivity contribution in [3.05, 3.63) is 94.0 Å². The van der Waals surface area contributed by atoms with Crippen LogP contribution in [0.25, 0.3) is 0 Å². The zero-order valence-electron chi connectivity index (χ0n) is 19.6. The highest BCUT2D eigenvalue weighted by Crippen LogP contribution is 2.38. The number of piperazine rings is 1. The van der Waals surface area contributed by atoms with E-state index in [-0.39, 0.29) is 28.5 Å². The number of anilines is 2. The van der Waals surface area contributed by atoms with Gasteiger partial charge in [0.1, 0.15) is 5.75 Å². The number of nitro groups is 1. The topological polar surface area (TPSA) is 87.9 Å². The Kier molecular flexibility index (Phi) is 6.37. The van der Waals surface area contributed by atoms with Gasteiger partial charge in [-0.1, -0.05) is 36.4 Å². The summed E-state index contributed by atoms with van der Waals surface area (Å²) < 4.78 is 5.29. The Morgan fingerprint density at radius 1 is 1.09 bits per heavy atom. The number of nitrogens with one attached hydrogen (secondary N) is 1. The Balaban J connectivity index is 1.43. The van der Waals surface area contributed by atoms with Gasteiger partial charge in [-0.25, -0.2) is 0 Å². The zero-order valence-corrected chi connectivity index (χ0v) is 19.6. The first-order chi connectivity index (χ1) is 17.0. The SMILES string of the molecule is COc1cccc(NC(=O)[C@H]2Cc3cc([N+](=O)[O-])ccc3N3CCN(Cc4ccccc4)C[C@@H]23)c1. The number of ether oxygens (including phenoxy) is 1. The number of rotatable bonds is 6. The molecular weight excluding hydrogens is 444 g/mol. The summed E-state index contributed by atoms with van der Waals surface area (Å²) in [5.74, 6) is 0.224. The quantitative estimate of drug-likeness (QED) is 0.429. The molecule has 3 aromatic carbocycles. The van der Waals surface area contributed by atoms with Crippen LogP contribution >= 0.6 is 0 Å². The number of nitrogens with zero attached hydrogens (tertiary/aromatic N) is 3. The Labute approximate surface area is 204 Å². The van der Waals surface area contributed by atoms with Crippen molar-refractivity contribution in [2.24, 2.45) is 5.92 Å². The molecule has 3 aromatic rings. The van der Waals surface area contributed by atoms with Crippen LogP contribution in [-0.2, 0) is 17.8 Å². The molecule has 1 N–H and O–H groups in total. The van der Waals surface area contributed by atoms with Crippen molar-refractivity contribution in [2.75, 3.05) is 37.0 Å². The van der Waals surface area contributed by atoms with Crippen LogP contribution in [-0.4, -0.2) is 48.5 Å². The van der Waals surface area contributed by atoms with Gasteiger partial charge in [0.05, 0.1) is 24.0 Å². The molecule has 0 saturated carbocycles. The maximum absolute atomic E-state index is 13.6. The maximum Gasteiger partial charge on any atom is 0.269 e. The third-order valence-corrected chi connectivity index (χ3v) is 6.91. The molecule has 1 saturated heterocycles. The van der Waals surface area contributed by atoms with E-state index in [1.54, 1.807) is 25.3 Å². The number of non-ortho nitro benzene ring substituents is 1. The number of methoxy groups -OCH3 is 1. The molecular formula is C27H28N4O4. The number of amides is 1. The summed E-state index contributed by atoms with van der Waals surface area (Å²) in [5, 5.41) is 14.5. The predicted octanol–water partition coefficient (Wildman–Crippen LogP) is 4.11. The van der Waals surface area contributed by atoms with Crippen molar-refractivity contribution in [1.82, 2.24) is 4.90 Å². The standard InChI is InChI=1S/C27H28N4O4/c1-35-23-9-5-8-21(16-23)28-27(32)24-15-20-14-22(31(33)34)10-11-25(20)30-13-12-29(18-26(24)30)17-19-6-3-2-4-7-19/h2-11,14,16,24,26H,12-13,15,17-18H2,1H3,(H,28,32)/t24-,26-/m0/s1. The molecule has 8 heteroatoms. The third-order valence-electron chi connectivity index (χ3n) is 6.91. The van der Waals surface area contributed by atoms with Crippen LogP contribution in [0, 0.1) is 16.0 Å². The van der Waals surface area contributed by atoms with E-state index in [0.717, 1.165) is 37.4 Å². The molecule has 2 aliphatic rings. The molecule has 5 rings (SSSR count). The minimum absolute atomic E-state index is 0.0352. The normalized spacial score (nSPS) is 19.4. The van der Waals surface area contributed by atoms with Gasteiger partial charge >= 0.3 is 0 Å². The number of carbonyl (C=O) groups is 1. The number of carbonyl (C=O) groups excluding carboxylic acids is 1. The van der Waals surface area contributed by atoms with Crippen molar-refractivity contribution in [2.45, 2.75) is 19.0 Å². The highest BCUT2D eigenvalue weighted by atomic mass is 16.6.